The Morgan fingerprint density at radius 1 is 0.214 bits per heavy atom. The van der Waals surface area contributed by atoms with E-state index in [1.54, 1.807) is 0 Å². The van der Waals surface area contributed by atoms with E-state index in [0.717, 1.165) is 89.3 Å². The number of rotatable bonds is 13. The fraction of sp³-hybridized carbons (Fsp3) is 0. The highest BCUT2D eigenvalue weighted by Gasteiger charge is 2.29. The van der Waals surface area contributed by atoms with Crippen LogP contribution in [0, 0.1) is 0 Å². The van der Waals surface area contributed by atoms with Gasteiger partial charge >= 0.3 is 0 Å². The quantitative estimate of drug-likeness (QED) is 0.123. The standard InChI is InChI=1S/C53H35N5.C32H22N2.C21H14ClN3/c1-6-19-36(20-7-1)47-48-46(57(41-28-14-5-15-29-41)49(47)37-21-8-2-9-22-37)34-33-44-43-31-16-17-32-45(43)58(50(44)48)42-30-18-27-40(35-42)53-55-51(38-23-10-3-11-24-38)54-52(56-53)39-25-12-4-13-26-39;1-4-12-22(13-5-1)29-30-28(21-20-26-25-18-10-11-19-27(25)33-31(26)30)34(24-16-8-3-9-17-24)32(29)23-14-6-2-7-15-23;22-18-13-7-12-17(14-18)21-24-19(15-8-3-1-4-9-15)23-20(25-21)16-10-5-2-6-11-16/h1-35H;1-21,33H;1-14H. The molecular weight excluding hydrogens is 1450 g/mol. The van der Waals surface area contributed by atoms with Gasteiger partial charge in [0.15, 0.2) is 34.9 Å². The molecule has 16 aromatic carbocycles. The van der Waals surface area contributed by atoms with Crippen LogP contribution in [-0.4, -0.2) is 48.6 Å². The van der Waals surface area contributed by atoms with E-state index in [-0.39, 0.29) is 0 Å². The van der Waals surface area contributed by atoms with Crippen LogP contribution in [0.1, 0.15) is 0 Å². The lowest BCUT2D eigenvalue weighted by atomic mass is 9.97. The van der Waals surface area contributed by atoms with E-state index in [1.165, 1.54) is 71.3 Å². The molecule has 0 atom stereocenters. The molecule has 0 bridgehead atoms. The molecule has 11 heteroatoms. The van der Waals surface area contributed by atoms with Crippen molar-refractivity contribution in [1.29, 1.82) is 0 Å². The van der Waals surface area contributed by atoms with Crippen LogP contribution >= 0.6 is 11.6 Å². The Bertz CT molecular complexity index is 7210. The molecule has 22 aromatic rings. The summed E-state index contributed by atoms with van der Waals surface area (Å²) in [6, 6.07) is 147. The number of halogens is 1. The van der Waals surface area contributed by atoms with E-state index in [1.807, 2.05) is 146 Å². The number of H-pyrrole nitrogens is 1. The maximum Gasteiger partial charge on any atom is 0.164 e. The highest BCUT2D eigenvalue weighted by molar-refractivity contribution is 6.31. The number of nitrogens with zero attached hydrogens (tertiary/aromatic N) is 9. The minimum Gasteiger partial charge on any atom is -0.354 e. The van der Waals surface area contributed by atoms with Crippen molar-refractivity contribution in [1.82, 2.24) is 48.6 Å². The normalized spacial score (nSPS) is 11.3. The van der Waals surface area contributed by atoms with E-state index >= 15 is 0 Å². The predicted octanol–water partition coefficient (Wildman–Crippen LogP) is 27.4. The summed E-state index contributed by atoms with van der Waals surface area (Å²) in [6.07, 6.45) is 0. The van der Waals surface area contributed by atoms with Gasteiger partial charge < -0.3 is 18.7 Å². The Balaban J connectivity index is 0.000000126. The summed E-state index contributed by atoms with van der Waals surface area (Å²) < 4.78 is 7.29. The lowest BCUT2D eigenvalue weighted by Gasteiger charge is -2.13. The van der Waals surface area contributed by atoms with Gasteiger partial charge in [-0.05, 0) is 95.1 Å². The van der Waals surface area contributed by atoms with Gasteiger partial charge in [0.1, 0.15) is 0 Å². The summed E-state index contributed by atoms with van der Waals surface area (Å²) >= 11 is 6.14. The molecule has 10 nitrogen and oxygen atoms in total. The third-order valence-electron chi connectivity index (χ3n) is 21.5. The van der Waals surface area contributed by atoms with Gasteiger partial charge in [0.05, 0.1) is 39.0 Å². The van der Waals surface area contributed by atoms with Gasteiger partial charge in [0.2, 0.25) is 0 Å². The summed E-state index contributed by atoms with van der Waals surface area (Å²) in [4.78, 5) is 32.9. The molecule has 1 N–H and O–H groups in total. The first kappa shape index (κ1) is 70.6. The van der Waals surface area contributed by atoms with Crippen molar-refractivity contribution < 1.29 is 0 Å². The molecular formula is C106H71ClN10. The number of fused-ring (bicyclic) bond motifs is 10. The second-order valence-electron chi connectivity index (χ2n) is 28.7. The van der Waals surface area contributed by atoms with Crippen molar-refractivity contribution in [2.45, 2.75) is 0 Å². The number of hydrogen-bond acceptors (Lipinski definition) is 6. The van der Waals surface area contributed by atoms with Crippen LogP contribution in [0.15, 0.2) is 425 Å². The minimum atomic E-state index is 0.607. The molecule has 0 amide bonds. The van der Waals surface area contributed by atoms with Gasteiger partial charge in [-0.25, -0.2) is 29.9 Å². The molecule has 0 saturated heterocycles. The van der Waals surface area contributed by atoms with E-state index in [2.05, 4.69) is 313 Å². The van der Waals surface area contributed by atoms with Crippen LogP contribution in [-0.2, 0) is 0 Å². The highest BCUT2D eigenvalue weighted by atomic mass is 35.5. The molecule has 22 rings (SSSR count). The second-order valence-corrected chi connectivity index (χ2v) is 29.1. The zero-order valence-corrected chi connectivity index (χ0v) is 64.1. The van der Waals surface area contributed by atoms with Crippen LogP contribution < -0.4 is 0 Å². The average molecular weight is 1520 g/mol. The van der Waals surface area contributed by atoms with Crippen LogP contribution in [0.25, 0.3) is 196 Å². The van der Waals surface area contributed by atoms with Gasteiger partial charge in [0.25, 0.3) is 0 Å². The van der Waals surface area contributed by atoms with Crippen LogP contribution in [0.4, 0.5) is 0 Å². The van der Waals surface area contributed by atoms with Gasteiger partial charge in [-0.1, -0.05) is 363 Å². The Morgan fingerprint density at radius 3 is 0.983 bits per heavy atom. The molecule has 0 radical (unpaired) electrons. The number of hydrogen-bond donors (Lipinski definition) is 1. The van der Waals surface area contributed by atoms with Gasteiger partial charge in [-0.15, -0.1) is 0 Å². The van der Waals surface area contributed by atoms with E-state index in [9.17, 15) is 0 Å². The maximum absolute atomic E-state index is 6.14. The number of aromatic amines is 1. The average Bonchev–Trinajstić information content (AvgIpc) is 1.55. The first-order valence-corrected chi connectivity index (χ1v) is 39.5. The lowest BCUT2D eigenvalue weighted by molar-refractivity contribution is 1.07. The molecule has 552 valence electrons. The fourth-order valence-electron chi connectivity index (χ4n) is 16.3. The Morgan fingerprint density at radius 2 is 0.538 bits per heavy atom. The van der Waals surface area contributed by atoms with E-state index in [0.29, 0.717) is 40.0 Å². The van der Waals surface area contributed by atoms with Crippen molar-refractivity contribution in [3.05, 3.63) is 430 Å². The zero-order valence-electron chi connectivity index (χ0n) is 63.3. The van der Waals surface area contributed by atoms with Gasteiger partial charge in [0, 0.05) is 104 Å². The summed E-state index contributed by atoms with van der Waals surface area (Å²) in [5.74, 6) is 3.78. The Hall–Kier alpha value is -15.5. The fourth-order valence-corrected chi connectivity index (χ4v) is 16.5. The molecule has 0 saturated carbocycles. The second kappa shape index (κ2) is 31.2. The first-order chi connectivity index (χ1) is 58.0. The maximum atomic E-state index is 6.14. The molecule has 0 aliphatic carbocycles. The third kappa shape index (κ3) is 13.5. The molecule has 6 aromatic heterocycles. The summed E-state index contributed by atoms with van der Waals surface area (Å²) in [5, 5.41) is 7.98. The third-order valence-corrected chi connectivity index (χ3v) is 21.7. The lowest BCUT2D eigenvalue weighted by Crippen LogP contribution is -2.01. The van der Waals surface area contributed by atoms with Gasteiger partial charge in [-0.3, -0.25) is 0 Å². The van der Waals surface area contributed by atoms with Crippen LogP contribution in [0.2, 0.25) is 5.02 Å². The number of aromatic nitrogens is 10. The monoisotopic (exact) mass is 1520 g/mol. The predicted molar refractivity (Wildman–Crippen MR) is 483 cm³/mol. The van der Waals surface area contributed by atoms with Crippen LogP contribution in [0.5, 0.6) is 0 Å². The zero-order chi connectivity index (χ0) is 78.0. The number of nitrogens with one attached hydrogen (secondary N) is 1. The Labute approximate surface area is 680 Å². The summed E-state index contributed by atoms with van der Waals surface area (Å²) in [5.41, 5.74) is 25.3. The van der Waals surface area contributed by atoms with Crippen LogP contribution in [0.3, 0.4) is 0 Å². The molecule has 0 unspecified atom stereocenters. The van der Waals surface area contributed by atoms with E-state index in [4.69, 9.17) is 26.6 Å². The van der Waals surface area contributed by atoms with Crippen molar-refractivity contribution in [3.63, 3.8) is 0 Å². The largest absolute Gasteiger partial charge is 0.354 e. The molecule has 0 spiro atoms. The van der Waals surface area contributed by atoms with Crippen molar-refractivity contribution in [2.75, 3.05) is 0 Å². The Kier molecular flexibility index (Phi) is 18.9. The highest BCUT2D eigenvalue weighted by Crippen LogP contribution is 2.50. The molecule has 0 aliphatic rings. The summed E-state index contributed by atoms with van der Waals surface area (Å²) in [7, 11) is 0. The molecule has 117 heavy (non-hydrogen) atoms. The van der Waals surface area contributed by atoms with E-state index < -0.39 is 0 Å². The summed E-state index contributed by atoms with van der Waals surface area (Å²) in [6.45, 7) is 0. The minimum absolute atomic E-state index is 0.607. The number of para-hydroxylation sites is 4. The van der Waals surface area contributed by atoms with Crippen molar-refractivity contribution >= 4 is 77.0 Å². The topological polar surface area (TPSA) is 108 Å². The molecule has 0 aliphatic heterocycles. The number of benzene rings is 16. The van der Waals surface area contributed by atoms with Crippen molar-refractivity contribution in [3.8, 4) is 130 Å². The molecule has 6 heterocycles. The first-order valence-electron chi connectivity index (χ1n) is 39.1. The van der Waals surface area contributed by atoms with Crippen molar-refractivity contribution in [2.24, 2.45) is 0 Å². The smallest absolute Gasteiger partial charge is 0.164 e. The van der Waals surface area contributed by atoms with Gasteiger partial charge in [-0.2, -0.15) is 0 Å². The SMILES string of the molecule is Clc1cccc(-c2nc(-c3ccccc3)nc(-c3ccccc3)n2)c1.c1ccc(-c2c(-c3ccccc3)n(-c3ccccc3)c3ccc4c5ccccc5[nH]c4c23)cc1.c1ccc(-c2nc(-c3ccccc3)nc(-c3cccc(-n4c5ccccc5c5ccc6c(c(-c7ccccc7)c(-c7ccccc7)n6-c6ccccc6)c54)c3)n2)cc1. The molecule has 0 fully saturated rings.